The summed E-state index contributed by atoms with van der Waals surface area (Å²) in [7, 11) is 0. The second kappa shape index (κ2) is 7.08. The van der Waals surface area contributed by atoms with Gasteiger partial charge in [-0.05, 0) is 61.6 Å². The van der Waals surface area contributed by atoms with E-state index in [4.69, 9.17) is 0 Å². The molecule has 1 aromatic carbocycles. The first-order valence-electron chi connectivity index (χ1n) is 9.39. The van der Waals surface area contributed by atoms with E-state index in [0.717, 1.165) is 25.7 Å². The number of hydrogen-bond acceptors (Lipinski definition) is 2. The lowest BCUT2D eigenvalue weighted by atomic mass is 9.75. The van der Waals surface area contributed by atoms with E-state index >= 15 is 0 Å². The van der Waals surface area contributed by atoms with Gasteiger partial charge in [-0.15, -0.1) is 0 Å². The first-order valence-corrected chi connectivity index (χ1v) is 9.39. The third kappa shape index (κ3) is 3.55. The molecule has 2 saturated carbocycles. The van der Waals surface area contributed by atoms with Crippen LogP contribution in [0.15, 0.2) is 12.1 Å². The van der Waals surface area contributed by atoms with E-state index in [-0.39, 0.29) is 11.7 Å². The zero-order valence-electron chi connectivity index (χ0n) is 14.8. The monoisotopic (exact) mass is 328 g/mol. The first kappa shape index (κ1) is 17.2. The zero-order chi connectivity index (χ0) is 17.3. The second-order valence-corrected chi connectivity index (χ2v) is 7.60. The number of carbonyl (C=O) groups excluding carboxylic acids is 1. The maximum absolute atomic E-state index is 13.0. The summed E-state index contributed by atoms with van der Waals surface area (Å²) in [4.78, 5) is 24.5. The van der Waals surface area contributed by atoms with E-state index in [1.54, 1.807) is 0 Å². The lowest BCUT2D eigenvalue weighted by Crippen LogP contribution is -2.33. The molecule has 2 atom stereocenters. The maximum Gasteiger partial charge on any atom is 0.307 e. The van der Waals surface area contributed by atoms with Crippen LogP contribution in [0.25, 0.3) is 0 Å². The van der Waals surface area contributed by atoms with Crippen LogP contribution < -0.4 is 0 Å². The molecule has 0 bridgehead atoms. The summed E-state index contributed by atoms with van der Waals surface area (Å²) in [5, 5.41) is 9.46. The van der Waals surface area contributed by atoms with Crippen LogP contribution in [0.1, 0.15) is 73.6 Å². The molecule has 3 nitrogen and oxygen atoms in total. The number of carboxylic acid groups (broad SMARTS) is 1. The van der Waals surface area contributed by atoms with Gasteiger partial charge in [-0.1, -0.05) is 37.5 Å². The van der Waals surface area contributed by atoms with Gasteiger partial charge in [0.25, 0.3) is 0 Å². The molecule has 1 unspecified atom stereocenters. The Hall–Kier alpha value is -1.64. The van der Waals surface area contributed by atoms with Crippen LogP contribution in [0, 0.1) is 18.8 Å². The number of carbonyl (C=O) groups is 2. The smallest absolute Gasteiger partial charge is 0.307 e. The number of ketones is 1. The van der Waals surface area contributed by atoms with Crippen LogP contribution in [0.5, 0.6) is 0 Å². The Kier molecular flexibility index (Phi) is 5.07. The fourth-order valence-corrected chi connectivity index (χ4v) is 4.33. The number of benzene rings is 1. The Morgan fingerprint density at radius 3 is 2.33 bits per heavy atom. The Labute approximate surface area is 144 Å². The van der Waals surface area contributed by atoms with Crippen molar-refractivity contribution in [1.82, 2.24) is 0 Å². The van der Waals surface area contributed by atoms with Crippen LogP contribution in [-0.2, 0) is 22.4 Å². The predicted molar refractivity (Wildman–Crippen MR) is 94.3 cm³/mol. The molecule has 1 aromatic rings. The largest absolute Gasteiger partial charge is 0.481 e. The summed E-state index contributed by atoms with van der Waals surface area (Å²) < 4.78 is 0. The van der Waals surface area contributed by atoms with Gasteiger partial charge in [0.1, 0.15) is 5.78 Å². The number of aliphatic carboxylic acids is 1. The molecule has 0 amide bonds. The van der Waals surface area contributed by atoms with Crippen LogP contribution in [-0.4, -0.2) is 16.9 Å². The van der Waals surface area contributed by atoms with E-state index < -0.39 is 11.9 Å². The third-order valence-corrected chi connectivity index (χ3v) is 5.77. The van der Waals surface area contributed by atoms with Crippen molar-refractivity contribution in [2.75, 3.05) is 0 Å². The van der Waals surface area contributed by atoms with Gasteiger partial charge in [0.05, 0.1) is 5.92 Å². The molecule has 2 aliphatic rings. The molecular formula is C21H28O3. The highest BCUT2D eigenvalue weighted by Gasteiger charge is 2.36. The molecule has 0 saturated heterocycles. The summed E-state index contributed by atoms with van der Waals surface area (Å²) in [5.74, 6) is -0.822. The Balaban J connectivity index is 1.87. The lowest BCUT2D eigenvalue weighted by Gasteiger charge is -2.28. The fourth-order valence-electron chi connectivity index (χ4n) is 4.33. The standard InChI is InChI=1S/C21H28O3/c1-3-14-10-13(2)11-18(15-8-9-15)19(14)12-20(22)16-6-4-5-7-17(16)21(23)24/h10-11,15-17H,3-9,12H2,1-2H3,(H,23,24)/t16?,17-/m0/s1. The van der Waals surface area contributed by atoms with Crippen molar-refractivity contribution in [3.8, 4) is 0 Å². The highest BCUT2D eigenvalue weighted by Crippen LogP contribution is 2.43. The van der Waals surface area contributed by atoms with Gasteiger partial charge in [0.15, 0.2) is 0 Å². The average molecular weight is 328 g/mol. The highest BCUT2D eigenvalue weighted by atomic mass is 16.4. The van der Waals surface area contributed by atoms with Crippen LogP contribution in [0.4, 0.5) is 0 Å². The van der Waals surface area contributed by atoms with Gasteiger partial charge in [0, 0.05) is 12.3 Å². The van der Waals surface area contributed by atoms with Crippen molar-refractivity contribution in [3.63, 3.8) is 0 Å². The summed E-state index contributed by atoms with van der Waals surface area (Å²) in [6.45, 7) is 4.26. The molecule has 0 spiro atoms. The number of carboxylic acids is 1. The van der Waals surface area contributed by atoms with E-state index in [0.29, 0.717) is 18.8 Å². The van der Waals surface area contributed by atoms with Crippen molar-refractivity contribution in [3.05, 3.63) is 34.4 Å². The van der Waals surface area contributed by atoms with Crippen molar-refractivity contribution < 1.29 is 14.7 Å². The summed E-state index contributed by atoms with van der Waals surface area (Å²) in [6, 6.07) is 4.44. The molecule has 2 fully saturated rings. The molecule has 0 aromatic heterocycles. The van der Waals surface area contributed by atoms with Gasteiger partial charge in [-0.25, -0.2) is 0 Å². The van der Waals surface area contributed by atoms with Crippen LogP contribution >= 0.6 is 0 Å². The van der Waals surface area contributed by atoms with Gasteiger partial charge in [-0.3, -0.25) is 9.59 Å². The normalized spacial score (nSPS) is 23.9. The van der Waals surface area contributed by atoms with Gasteiger partial charge in [-0.2, -0.15) is 0 Å². The molecule has 130 valence electrons. The van der Waals surface area contributed by atoms with Gasteiger partial charge in [0.2, 0.25) is 0 Å². The summed E-state index contributed by atoms with van der Waals surface area (Å²) in [5.41, 5.74) is 5.09. The van der Waals surface area contributed by atoms with Crippen LogP contribution in [0.3, 0.4) is 0 Å². The molecule has 2 aliphatic carbocycles. The number of Topliss-reactive ketones (excluding diaryl/α,β-unsaturated/α-hetero) is 1. The van der Waals surface area contributed by atoms with E-state index in [1.165, 1.54) is 35.1 Å². The minimum Gasteiger partial charge on any atom is -0.481 e. The molecular weight excluding hydrogens is 300 g/mol. The molecule has 3 heteroatoms. The number of hydrogen-bond donors (Lipinski definition) is 1. The molecule has 24 heavy (non-hydrogen) atoms. The molecule has 0 radical (unpaired) electrons. The van der Waals surface area contributed by atoms with Crippen molar-refractivity contribution in [2.24, 2.45) is 11.8 Å². The molecule has 0 aliphatic heterocycles. The quantitative estimate of drug-likeness (QED) is 0.840. The number of rotatable bonds is 6. The zero-order valence-corrected chi connectivity index (χ0v) is 14.8. The Bertz CT molecular complexity index is 643. The highest BCUT2D eigenvalue weighted by molar-refractivity contribution is 5.88. The second-order valence-electron chi connectivity index (χ2n) is 7.60. The van der Waals surface area contributed by atoms with Crippen molar-refractivity contribution >= 4 is 11.8 Å². The van der Waals surface area contributed by atoms with E-state index in [1.807, 2.05) is 0 Å². The van der Waals surface area contributed by atoms with Crippen LogP contribution in [0.2, 0.25) is 0 Å². The van der Waals surface area contributed by atoms with Crippen molar-refractivity contribution in [2.45, 2.75) is 71.1 Å². The van der Waals surface area contributed by atoms with E-state index in [9.17, 15) is 14.7 Å². The van der Waals surface area contributed by atoms with Gasteiger partial charge >= 0.3 is 5.97 Å². The number of aryl methyl sites for hydroxylation is 2. The van der Waals surface area contributed by atoms with Crippen molar-refractivity contribution in [1.29, 1.82) is 0 Å². The Morgan fingerprint density at radius 2 is 1.75 bits per heavy atom. The summed E-state index contributed by atoms with van der Waals surface area (Å²) in [6.07, 6.45) is 7.07. The molecule has 3 rings (SSSR count). The Morgan fingerprint density at radius 1 is 1.08 bits per heavy atom. The molecule has 1 N–H and O–H groups in total. The SMILES string of the molecule is CCc1cc(C)cc(C2CC2)c1CC(=O)C1CCCC[C@@H]1C(=O)O. The summed E-state index contributed by atoms with van der Waals surface area (Å²) >= 11 is 0. The van der Waals surface area contributed by atoms with E-state index in [2.05, 4.69) is 26.0 Å². The minimum atomic E-state index is -0.796. The predicted octanol–water partition coefficient (Wildman–Crippen LogP) is 4.44. The van der Waals surface area contributed by atoms with Gasteiger partial charge < -0.3 is 5.11 Å². The third-order valence-electron chi connectivity index (χ3n) is 5.77. The average Bonchev–Trinajstić information content (AvgIpc) is 3.40. The topological polar surface area (TPSA) is 54.4 Å². The molecule has 0 heterocycles. The maximum atomic E-state index is 13.0. The fraction of sp³-hybridized carbons (Fsp3) is 0.619. The first-order chi connectivity index (χ1) is 11.5. The lowest BCUT2D eigenvalue weighted by molar-refractivity contribution is -0.148. The minimum absolute atomic E-state index is 0.141.